The van der Waals surface area contributed by atoms with E-state index in [4.69, 9.17) is 0 Å². The van der Waals surface area contributed by atoms with Gasteiger partial charge in [-0.1, -0.05) is 60.7 Å². The third-order valence-electron chi connectivity index (χ3n) is 3.50. The molecule has 0 aromatic heterocycles. The van der Waals surface area contributed by atoms with Crippen LogP contribution < -0.4 is 0 Å². The number of hydrogen-bond acceptors (Lipinski definition) is 2. The second-order valence-electron chi connectivity index (χ2n) is 4.59. The van der Waals surface area contributed by atoms with Crippen LogP contribution in [0.5, 0.6) is 0 Å². The summed E-state index contributed by atoms with van der Waals surface area (Å²) in [5.74, 6) is -0.359. The van der Waals surface area contributed by atoms with Crippen molar-refractivity contribution in [3.63, 3.8) is 0 Å². The zero-order chi connectivity index (χ0) is 15.0. The Hall–Kier alpha value is -1.66. The van der Waals surface area contributed by atoms with Gasteiger partial charge in [0, 0.05) is 0 Å². The molecular weight excluding hydrogens is 400 g/mol. The molecule has 106 valence electrons. The van der Waals surface area contributed by atoms with Gasteiger partial charge in [-0.25, -0.2) is 8.72 Å². The number of amides is 3. The standard InChI is InChI=1S/C15H10Br2N2O2/c16-18-13(20)15(19(17)14(18)21,11-7-3-1-4-8-11)12-9-5-2-6-10-12/h1-10H. The first-order valence-corrected chi connectivity index (χ1v) is 7.63. The molecule has 2 aromatic rings. The number of urea groups is 1. The minimum absolute atomic E-state index is 0.359. The van der Waals surface area contributed by atoms with Gasteiger partial charge in [-0.2, -0.15) is 3.93 Å². The van der Waals surface area contributed by atoms with Crippen LogP contribution in [-0.4, -0.2) is 19.8 Å². The van der Waals surface area contributed by atoms with Crippen molar-refractivity contribution < 1.29 is 9.59 Å². The maximum atomic E-state index is 12.8. The number of benzene rings is 2. The molecule has 0 saturated carbocycles. The van der Waals surface area contributed by atoms with E-state index in [1.807, 2.05) is 60.7 Å². The van der Waals surface area contributed by atoms with Crippen molar-refractivity contribution in [2.75, 3.05) is 0 Å². The molecule has 0 atom stereocenters. The summed E-state index contributed by atoms with van der Waals surface area (Å²) in [6, 6.07) is 18.0. The molecule has 21 heavy (non-hydrogen) atoms. The summed E-state index contributed by atoms with van der Waals surface area (Å²) in [6.07, 6.45) is 0. The van der Waals surface area contributed by atoms with Gasteiger partial charge in [0.2, 0.25) is 0 Å². The Labute approximate surface area is 139 Å². The average molecular weight is 410 g/mol. The molecule has 3 rings (SSSR count). The molecule has 0 bridgehead atoms. The zero-order valence-corrected chi connectivity index (χ0v) is 13.9. The van der Waals surface area contributed by atoms with E-state index in [1.54, 1.807) is 0 Å². The highest BCUT2D eigenvalue weighted by Crippen LogP contribution is 2.45. The lowest BCUT2D eigenvalue weighted by molar-refractivity contribution is -0.127. The van der Waals surface area contributed by atoms with E-state index in [1.165, 1.54) is 3.93 Å². The van der Waals surface area contributed by atoms with E-state index >= 15 is 0 Å². The van der Waals surface area contributed by atoms with Crippen molar-refractivity contribution >= 4 is 44.2 Å². The SMILES string of the molecule is O=C1N(Br)C(=O)C(c2ccccc2)(c2ccccc2)N1Br. The van der Waals surface area contributed by atoms with Gasteiger partial charge in [0.05, 0.1) is 32.3 Å². The number of rotatable bonds is 2. The Morgan fingerprint density at radius 1 is 0.762 bits per heavy atom. The minimum atomic E-state index is -1.22. The number of halogens is 2. The fourth-order valence-corrected chi connectivity index (χ4v) is 3.88. The highest BCUT2D eigenvalue weighted by atomic mass is 79.9. The molecule has 1 heterocycles. The molecule has 4 nitrogen and oxygen atoms in total. The number of carbonyl (C=O) groups excluding carboxylic acids is 2. The molecule has 0 N–H and O–H groups in total. The summed E-state index contributed by atoms with van der Waals surface area (Å²) in [6.45, 7) is 0. The highest BCUT2D eigenvalue weighted by Gasteiger charge is 2.59. The number of hydrogen-bond donors (Lipinski definition) is 0. The van der Waals surface area contributed by atoms with Crippen molar-refractivity contribution in [3.8, 4) is 0 Å². The second-order valence-corrected chi connectivity index (χ2v) is 6.01. The van der Waals surface area contributed by atoms with Gasteiger partial charge in [0.25, 0.3) is 5.91 Å². The summed E-state index contributed by atoms with van der Waals surface area (Å²) in [5, 5.41) is 0. The van der Waals surface area contributed by atoms with Gasteiger partial charge >= 0.3 is 6.03 Å². The number of carbonyl (C=O) groups is 2. The Morgan fingerprint density at radius 2 is 1.19 bits per heavy atom. The van der Waals surface area contributed by atoms with E-state index in [2.05, 4.69) is 32.3 Å². The number of nitrogens with zero attached hydrogens (tertiary/aromatic N) is 2. The van der Waals surface area contributed by atoms with Crippen LogP contribution in [0.4, 0.5) is 4.79 Å². The van der Waals surface area contributed by atoms with Crippen LogP contribution in [0.25, 0.3) is 0 Å². The quantitative estimate of drug-likeness (QED) is 0.558. The summed E-state index contributed by atoms with van der Waals surface area (Å²) in [4.78, 5) is 25.1. The predicted molar refractivity (Wildman–Crippen MR) is 85.6 cm³/mol. The third-order valence-corrected chi connectivity index (χ3v) is 4.96. The van der Waals surface area contributed by atoms with Crippen molar-refractivity contribution in [1.82, 2.24) is 7.85 Å². The lowest BCUT2D eigenvalue weighted by Gasteiger charge is -2.31. The van der Waals surface area contributed by atoms with E-state index in [0.717, 1.165) is 3.93 Å². The first kappa shape index (κ1) is 14.3. The number of imide groups is 1. The van der Waals surface area contributed by atoms with E-state index < -0.39 is 11.6 Å². The fourth-order valence-electron chi connectivity index (χ4n) is 2.53. The lowest BCUT2D eigenvalue weighted by atomic mass is 9.83. The molecule has 0 spiro atoms. The summed E-state index contributed by atoms with van der Waals surface area (Å²) in [7, 11) is 0. The van der Waals surface area contributed by atoms with Crippen molar-refractivity contribution in [2.24, 2.45) is 0 Å². The van der Waals surface area contributed by atoms with Crippen LogP contribution in [0.1, 0.15) is 11.1 Å². The van der Waals surface area contributed by atoms with E-state index in [-0.39, 0.29) is 5.91 Å². The van der Waals surface area contributed by atoms with Gasteiger partial charge in [0.15, 0.2) is 5.54 Å². The Bertz CT molecular complexity index is 652. The van der Waals surface area contributed by atoms with Crippen molar-refractivity contribution in [2.45, 2.75) is 5.54 Å². The van der Waals surface area contributed by atoms with Crippen LogP contribution >= 0.6 is 32.3 Å². The van der Waals surface area contributed by atoms with Crippen molar-refractivity contribution in [3.05, 3.63) is 71.8 Å². The zero-order valence-electron chi connectivity index (χ0n) is 10.7. The fraction of sp³-hybridized carbons (Fsp3) is 0.0667. The van der Waals surface area contributed by atoms with Gasteiger partial charge in [-0.3, -0.25) is 4.79 Å². The predicted octanol–water partition coefficient (Wildman–Crippen LogP) is 3.81. The Kier molecular flexibility index (Phi) is 3.59. The summed E-state index contributed by atoms with van der Waals surface area (Å²) < 4.78 is 2.23. The molecule has 0 radical (unpaired) electrons. The van der Waals surface area contributed by atoms with Crippen LogP contribution in [0.15, 0.2) is 60.7 Å². The lowest BCUT2D eigenvalue weighted by Crippen LogP contribution is -2.43. The third kappa shape index (κ3) is 1.93. The van der Waals surface area contributed by atoms with E-state index in [9.17, 15) is 9.59 Å². The maximum Gasteiger partial charge on any atom is 0.348 e. The van der Waals surface area contributed by atoms with Gasteiger partial charge < -0.3 is 0 Å². The topological polar surface area (TPSA) is 40.6 Å². The molecule has 1 aliphatic rings. The monoisotopic (exact) mass is 408 g/mol. The maximum absolute atomic E-state index is 12.8. The average Bonchev–Trinajstić information content (AvgIpc) is 2.71. The second kappa shape index (κ2) is 5.27. The molecule has 3 amide bonds. The Balaban J connectivity index is 2.32. The van der Waals surface area contributed by atoms with Crippen LogP contribution in [-0.2, 0) is 10.3 Å². The van der Waals surface area contributed by atoms with Crippen LogP contribution in [0, 0.1) is 0 Å². The van der Waals surface area contributed by atoms with Gasteiger partial charge in [0.1, 0.15) is 0 Å². The minimum Gasteiger partial charge on any atom is -0.270 e. The molecule has 1 aliphatic heterocycles. The molecule has 0 aliphatic carbocycles. The molecule has 2 aromatic carbocycles. The van der Waals surface area contributed by atoms with Crippen molar-refractivity contribution in [1.29, 1.82) is 0 Å². The molecule has 6 heteroatoms. The molecule has 1 saturated heterocycles. The van der Waals surface area contributed by atoms with Crippen LogP contribution in [0.2, 0.25) is 0 Å². The van der Waals surface area contributed by atoms with Crippen LogP contribution in [0.3, 0.4) is 0 Å². The van der Waals surface area contributed by atoms with Gasteiger partial charge in [-0.05, 0) is 11.1 Å². The largest absolute Gasteiger partial charge is 0.348 e. The Morgan fingerprint density at radius 3 is 1.52 bits per heavy atom. The summed E-state index contributed by atoms with van der Waals surface area (Å²) in [5.41, 5.74) is 0.213. The molecular formula is C15H10Br2N2O2. The molecule has 0 unspecified atom stereocenters. The summed E-state index contributed by atoms with van der Waals surface area (Å²) >= 11 is 6.32. The van der Waals surface area contributed by atoms with Gasteiger partial charge in [-0.15, -0.1) is 0 Å². The molecule has 1 fully saturated rings. The first-order valence-electron chi connectivity index (χ1n) is 6.21. The first-order chi connectivity index (χ1) is 10.1. The van der Waals surface area contributed by atoms with E-state index in [0.29, 0.717) is 11.1 Å². The normalized spacial score (nSPS) is 17.4. The highest BCUT2D eigenvalue weighted by molar-refractivity contribution is 9.08. The smallest absolute Gasteiger partial charge is 0.270 e.